The minimum atomic E-state index is -0.164. The Morgan fingerprint density at radius 3 is 3.00 bits per heavy atom. The number of nitrogens with zero attached hydrogens (tertiary/aromatic N) is 1. The molecule has 0 bridgehead atoms. The highest BCUT2D eigenvalue weighted by Gasteiger charge is 2.05. The van der Waals surface area contributed by atoms with E-state index in [2.05, 4.69) is 15.0 Å². The fourth-order valence-corrected chi connectivity index (χ4v) is 1.12. The van der Waals surface area contributed by atoms with Gasteiger partial charge in [0.15, 0.2) is 0 Å². The summed E-state index contributed by atoms with van der Waals surface area (Å²) < 4.78 is 9.73. The van der Waals surface area contributed by atoms with Gasteiger partial charge in [0.05, 0.1) is 7.11 Å². The largest absolute Gasteiger partial charge is 0.481 e. The van der Waals surface area contributed by atoms with Crippen LogP contribution in [0.4, 0.5) is 0 Å². The molecule has 0 aliphatic carbocycles. The van der Waals surface area contributed by atoms with Crippen molar-refractivity contribution in [3.8, 4) is 5.88 Å². The molecule has 0 fully saturated rings. The number of amides is 1. The van der Waals surface area contributed by atoms with E-state index in [1.165, 1.54) is 7.11 Å². The van der Waals surface area contributed by atoms with Gasteiger partial charge in [-0.3, -0.25) is 4.79 Å². The summed E-state index contributed by atoms with van der Waals surface area (Å²) in [5, 5.41) is 2.69. The SMILES string of the molecule is COCC(=O)NCc1cccnc1OC. The Balaban J connectivity index is 2.53. The van der Waals surface area contributed by atoms with E-state index < -0.39 is 0 Å². The standard InChI is InChI=1S/C10H14N2O3/c1-14-7-9(13)12-6-8-4-3-5-11-10(8)15-2/h3-5H,6-7H2,1-2H3,(H,12,13). The maximum Gasteiger partial charge on any atom is 0.246 e. The Kier molecular flexibility index (Phi) is 4.56. The van der Waals surface area contributed by atoms with Crippen molar-refractivity contribution in [2.24, 2.45) is 0 Å². The van der Waals surface area contributed by atoms with Gasteiger partial charge in [-0.2, -0.15) is 0 Å². The maximum atomic E-state index is 11.1. The van der Waals surface area contributed by atoms with Crippen LogP contribution in [-0.4, -0.2) is 31.7 Å². The fourth-order valence-electron chi connectivity index (χ4n) is 1.12. The Morgan fingerprint density at radius 1 is 1.53 bits per heavy atom. The second-order valence-corrected chi connectivity index (χ2v) is 2.88. The Hall–Kier alpha value is -1.62. The van der Waals surface area contributed by atoms with Crippen molar-refractivity contribution in [1.29, 1.82) is 0 Å². The summed E-state index contributed by atoms with van der Waals surface area (Å²) in [5.74, 6) is 0.360. The molecule has 5 nitrogen and oxygen atoms in total. The molecule has 0 aliphatic heterocycles. The normalized spacial score (nSPS) is 9.73. The predicted molar refractivity (Wildman–Crippen MR) is 54.5 cm³/mol. The van der Waals surface area contributed by atoms with Crippen LogP contribution in [0.2, 0.25) is 0 Å². The first kappa shape index (κ1) is 11.5. The molecule has 1 aromatic heterocycles. The first-order chi connectivity index (χ1) is 7.27. The Labute approximate surface area is 88.4 Å². The molecular formula is C10H14N2O3. The number of pyridine rings is 1. The quantitative estimate of drug-likeness (QED) is 0.762. The molecule has 0 aliphatic rings. The van der Waals surface area contributed by atoms with Gasteiger partial charge in [0.1, 0.15) is 6.61 Å². The third kappa shape index (κ3) is 3.55. The molecule has 1 aromatic rings. The molecule has 1 N–H and O–H groups in total. The Morgan fingerprint density at radius 2 is 2.33 bits per heavy atom. The summed E-state index contributed by atoms with van der Waals surface area (Å²) in [6.07, 6.45) is 1.64. The molecule has 0 radical (unpaired) electrons. The van der Waals surface area contributed by atoms with Gasteiger partial charge in [-0.1, -0.05) is 6.07 Å². The van der Waals surface area contributed by atoms with E-state index in [0.717, 1.165) is 5.56 Å². The van der Waals surface area contributed by atoms with Crippen LogP contribution in [-0.2, 0) is 16.1 Å². The van der Waals surface area contributed by atoms with E-state index in [0.29, 0.717) is 12.4 Å². The number of rotatable bonds is 5. The number of aromatic nitrogens is 1. The van der Waals surface area contributed by atoms with Crippen molar-refractivity contribution in [2.75, 3.05) is 20.8 Å². The van der Waals surface area contributed by atoms with Crippen LogP contribution in [0.1, 0.15) is 5.56 Å². The molecule has 15 heavy (non-hydrogen) atoms. The molecule has 0 aromatic carbocycles. The zero-order valence-corrected chi connectivity index (χ0v) is 8.82. The number of carbonyl (C=O) groups excluding carboxylic acids is 1. The molecule has 5 heteroatoms. The van der Waals surface area contributed by atoms with Gasteiger partial charge in [0.2, 0.25) is 11.8 Å². The summed E-state index contributed by atoms with van der Waals surface area (Å²) in [6.45, 7) is 0.446. The maximum absolute atomic E-state index is 11.1. The van der Waals surface area contributed by atoms with Gasteiger partial charge in [-0.15, -0.1) is 0 Å². The molecule has 0 unspecified atom stereocenters. The number of carbonyl (C=O) groups is 1. The van der Waals surface area contributed by atoms with Crippen molar-refractivity contribution >= 4 is 5.91 Å². The summed E-state index contributed by atoms with van der Waals surface area (Å²) in [7, 11) is 3.02. The van der Waals surface area contributed by atoms with Gasteiger partial charge in [-0.25, -0.2) is 4.98 Å². The summed E-state index contributed by atoms with van der Waals surface area (Å²) >= 11 is 0. The van der Waals surface area contributed by atoms with Crippen LogP contribution in [0.25, 0.3) is 0 Å². The van der Waals surface area contributed by atoms with Crippen LogP contribution in [0, 0.1) is 0 Å². The van der Waals surface area contributed by atoms with Crippen LogP contribution in [0.5, 0.6) is 5.88 Å². The second-order valence-electron chi connectivity index (χ2n) is 2.88. The van der Waals surface area contributed by atoms with Crippen molar-refractivity contribution in [3.05, 3.63) is 23.9 Å². The Bertz CT molecular complexity index is 328. The average molecular weight is 210 g/mol. The molecule has 0 saturated carbocycles. The van der Waals surface area contributed by atoms with Crippen molar-refractivity contribution in [1.82, 2.24) is 10.3 Å². The van der Waals surface area contributed by atoms with E-state index in [4.69, 9.17) is 4.74 Å². The number of nitrogens with one attached hydrogen (secondary N) is 1. The first-order valence-corrected chi connectivity index (χ1v) is 4.51. The predicted octanol–water partition coefficient (Wildman–Crippen LogP) is 0.353. The molecule has 1 amide bonds. The van der Waals surface area contributed by atoms with E-state index in [-0.39, 0.29) is 12.5 Å². The molecule has 1 heterocycles. The van der Waals surface area contributed by atoms with E-state index in [9.17, 15) is 4.79 Å². The molecule has 82 valence electrons. The minimum Gasteiger partial charge on any atom is -0.481 e. The minimum absolute atomic E-state index is 0.0581. The van der Waals surface area contributed by atoms with E-state index in [1.807, 2.05) is 6.07 Å². The number of hydrogen-bond donors (Lipinski definition) is 1. The third-order valence-corrected chi connectivity index (χ3v) is 1.79. The lowest BCUT2D eigenvalue weighted by Gasteiger charge is -2.07. The molecule has 1 rings (SSSR count). The molecule has 0 saturated heterocycles. The van der Waals surface area contributed by atoms with Crippen LogP contribution in [0.15, 0.2) is 18.3 Å². The summed E-state index contributed by atoms with van der Waals surface area (Å²) in [6, 6.07) is 3.64. The van der Waals surface area contributed by atoms with Gasteiger partial charge in [0.25, 0.3) is 0 Å². The molecule has 0 spiro atoms. The first-order valence-electron chi connectivity index (χ1n) is 4.51. The van der Waals surface area contributed by atoms with Gasteiger partial charge < -0.3 is 14.8 Å². The highest BCUT2D eigenvalue weighted by molar-refractivity contribution is 5.77. The second kappa shape index (κ2) is 5.98. The lowest BCUT2D eigenvalue weighted by atomic mass is 10.2. The third-order valence-electron chi connectivity index (χ3n) is 1.79. The number of methoxy groups -OCH3 is 2. The van der Waals surface area contributed by atoms with Crippen molar-refractivity contribution in [2.45, 2.75) is 6.54 Å². The van der Waals surface area contributed by atoms with Gasteiger partial charge in [0, 0.05) is 25.4 Å². The summed E-state index contributed by atoms with van der Waals surface area (Å²) in [4.78, 5) is 15.1. The van der Waals surface area contributed by atoms with Crippen LogP contribution < -0.4 is 10.1 Å². The van der Waals surface area contributed by atoms with Crippen LogP contribution in [0.3, 0.4) is 0 Å². The lowest BCUT2D eigenvalue weighted by Crippen LogP contribution is -2.26. The van der Waals surface area contributed by atoms with E-state index >= 15 is 0 Å². The monoisotopic (exact) mass is 210 g/mol. The topological polar surface area (TPSA) is 60.5 Å². The average Bonchev–Trinajstić information content (AvgIpc) is 2.27. The zero-order valence-electron chi connectivity index (χ0n) is 8.82. The van der Waals surface area contributed by atoms with Crippen molar-refractivity contribution < 1.29 is 14.3 Å². The summed E-state index contributed by atoms with van der Waals surface area (Å²) in [5.41, 5.74) is 0.837. The van der Waals surface area contributed by atoms with Crippen LogP contribution >= 0.6 is 0 Å². The number of ether oxygens (including phenoxy) is 2. The van der Waals surface area contributed by atoms with Crippen molar-refractivity contribution in [3.63, 3.8) is 0 Å². The highest BCUT2D eigenvalue weighted by atomic mass is 16.5. The van der Waals surface area contributed by atoms with Gasteiger partial charge in [-0.05, 0) is 6.07 Å². The lowest BCUT2D eigenvalue weighted by molar-refractivity contribution is -0.124. The zero-order chi connectivity index (χ0) is 11.1. The van der Waals surface area contributed by atoms with Gasteiger partial charge >= 0.3 is 0 Å². The molecule has 0 atom stereocenters. The number of hydrogen-bond acceptors (Lipinski definition) is 4. The fraction of sp³-hybridized carbons (Fsp3) is 0.400. The molecular weight excluding hydrogens is 196 g/mol. The van der Waals surface area contributed by atoms with E-state index in [1.54, 1.807) is 19.4 Å². The highest BCUT2D eigenvalue weighted by Crippen LogP contribution is 2.12. The smallest absolute Gasteiger partial charge is 0.246 e.